The third kappa shape index (κ3) is 3.69. The molecule has 1 saturated heterocycles. The first-order valence-electron chi connectivity index (χ1n) is 10.00. The SMILES string of the molecule is CCOc1cccc(/C(O)=C2\C(=O)C(=O)N(c3ccccc3O)C2c2ccc(F)cc2)c1. The number of halogens is 1. The summed E-state index contributed by atoms with van der Waals surface area (Å²) >= 11 is 0. The molecule has 7 heteroatoms. The fourth-order valence-electron chi connectivity index (χ4n) is 3.76. The molecule has 4 rings (SSSR count). The highest BCUT2D eigenvalue weighted by atomic mass is 19.1. The minimum atomic E-state index is -1.07. The lowest BCUT2D eigenvalue weighted by molar-refractivity contribution is -0.132. The molecule has 3 aromatic carbocycles. The maximum Gasteiger partial charge on any atom is 0.300 e. The number of hydrogen-bond acceptors (Lipinski definition) is 5. The van der Waals surface area contributed by atoms with Crippen molar-refractivity contribution in [1.29, 1.82) is 0 Å². The number of ketones is 1. The zero-order valence-corrected chi connectivity index (χ0v) is 17.2. The number of Topliss-reactive ketones (excluding diaryl/α,β-unsaturated/α-hetero) is 1. The van der Waals surface area contributed by atoms with Gasteiger partial charge in [-0.05, 0) is 48.9 Å². The van der Waals surface area contributed by atoms with Gasteiger partial charge in [-0.15, -0.1) is 0 Å². The van der Waals surface area contributed by atoms with Crippen LogP contribution in [0.2, 0.25) is 0 Å². The van der Waals surface area contributed by atoms with Crippen molar-refractivity contribution in [2.24, 2.45) is 0 Å². The van der Waals surface area contributed by atoms with Gasteiger partial charge in [-0.25, -0.2) is 4.39 Å². The van der Waals surface area contributed by atoms with Crippen LogP contribution in [0, 0.1) is 5.82 Å². The number of benzene rings is 3. The van der Waals surface area contributed by atoms with Gasteiger partial charge in [0, 0.05) is 5.56 Å². The van der Waals surface area contributed by atoms with Crippen LogP contribution in [0.4, 0.5) is 10.1 Å². The maximum atomic E-state index is 13.6. The van der Waals surface area contributed by atoms with Crippen LogP contribution in [-0.2, 0) is 9.59 Å². The van der Waals surface area contributed by atoms with Gasteiger partial charge in [-0.1, -0.05) is 36.4 Å². The van der Waals surface area contributed by atoms with Crippen molar-refractivity contribution in [3.63, 3.8) is 0 Å². The standard InChI is InChI=1S/C25H20FNO5/c1-2-32-18-7-5-6-16(14-18)23(29)21-22(15-10-12-17(26)13-11-15)27(25(31)24(21)30)19-8-3-4-9-20(19)28/h3-14,22,28-29H,2H2,1H3/b23-21+. The average Bonchev–Trinajstić information content (AvgIpc) is 3.05. The topological polar surface area (TPSA) is 87.1 Å². The predicted octanol–water partition coefficient (Wildman–Crippen LogP) is 4.56. The first-order chi connectivity index (χ1) is 15.4. The van der Waals surface area contributed by atoms with Gasteiger partial charge in [0.2, 0.25) is 0 Å². The van der Waals surface area contributed by atoms with Crippen molar-refractivity contribution in [3.8, 4) is 11.5 Å². The molecule has 1 aliphatic heterocycles. The molecule has 1 atom stereocenters. The average molecular weight is 433 g/mol. The van der Waals surface area contributed by atoms with Crippen LogP contribution < -0.4 is 9.64 Å². The Morgan fingerprint density at radius 1 is 1.03 bits per heavy atom. The number of carbonyl (C=O) groups is 2. The predicted molar refractivity (Wildman–Crippen MR) is 117 cm³/mol. The second kappa shape index (κ2) is 8.55. The molecule has 1 unspecified atom stereocenters. The van der Waals surface area contributed by atoms with Gasteiger partial charge >= 0.3 is 0 Å². The highest BCUT2D eigenvalue weighted by Crippen LogP contribution is 2.44. The minimum Gasteiger partial charge on any atom is -0.507 e. The molecule has 1 heterocycles. The zero-order chi connectivity index (χ0) is 22.8. The molecule has 0 spiro atoms. The third-order valence-electron chi connectivity index (χ3n) is 5.19. The molecule has 1 aliphatic rings. The molecule has 0 aromatic heterocycles. The monoisotopic (exact) mass is 433 g/mol. The van der Waals surface area contributed by atoms with Crippen molar-refractivity contribution in [2.45, 2.75) is 13.0 Å². The number of carbonyl (C=O) groups excluding carboxylic acids is 2. The van der Waals surface area contributed by atoms with Crippen LogP contribution in [0.3, 0.4) is 0 Å². The van der Waals surface area contributed by atoms with Crippen molar-refractivity contribution in [1.82, 2.24) is 0 Å². The summed E-state index contributed by atoms with van der Waals surface area (Å²) in [5.74, 6) is -2.43. The number of nitrogens with zero attached hydrogens (tertiary/aromatic N) is 1. The van der Waals surface area contributed by atoms with Crippen molar-refractivity contribution in [3.05, 3.63) is 95.3 Å². The Balaban J connectivity index is 1.94. The molecule has 3 aromatic rings. The second-order valence-corrected chi connectivity index (χ2v) is 7.17. The van der Waals surface area contributed by atoms with E-state index in [1.54, 1.807) is 36.4 Å². The number of anilines is 1. The summed E-state index contributed by atoms with van der Waals surface area (Å²) in [5, 5.41) is 21.5. The van der Waals surface area contributed by atoms with Crippen LogP contribution in [0.5, 0.6) is 11.5 Å². The number of aliphatic hydroxyl groups excluding tert-OH is 1. The van der Waals surface area contributed by atoms with Gasteiger partial charge in [0.15, 0.2) is 0 Å². The largest absolute Gasteiger partial charge is 0.507 e. The van der Waals surface area contributed by atoms with E-state index in [4.69, 9.17) is 4.74 Å². The molecular formula is C25H20FNO5. The lowest BCUT2D eigenvalue weighted by Crippen LogP contribution is -2.29. The Morgan fingerprint density at radius 3 is 2.44 bits per heavy atom. The molecule has 6 nitrogen and oxygen atoms in total. The summed E-state index contributed by atoms with van der Waals surface area (Å²) < 4.78 is 19.1. The van der Waals surface area contributed by atoms with E-state index < -0.39 is 29.3 Å². The molecule has 2 N–H and O–H groups in total. The van der Waals surface area contributed by atoms with Crippen LogP contribution >= 0.6 is 0 Å². The van der Waals surface area contributed by atoms with Gasteiger partial charge in [-0.3, -0.25) is 14.5 Å². The molecule has 0 radical (unpaired) electrons. The highest BCUT2D eigenvalue weighted by Gasteiger charge is 2.47. The number of amides is 1. The number of rotatable bonds is 5. The molecule has 32 heavy (non-hydrogen) atoms. The molecule has 0 bridgehead atoms. The van der Waals surface area contributed by atoms with E-state index in [-0.39, 0.29) is 17.0 Å². The first-order valence-corrected chi connectivity index (χ1v) is 10.00. The Bertz CT molecular complexity index is 1220. The van der Waals surface area contributed by atoms with E-state index in [2.05, 4.69) is 0 Å². The Morgan fingerprint density at radius 2 is 1.75 bits per heavy atom. The number of phenols is 1. The Labute approximate surface area is 183 Å². The smallest absolute Gasteiger partial charge is 0.300 e. The third-order valence-corrected chi connectivity index (χ3v) is 5.19. The van der Waals surface area contributed by atoms with Crippen LogP contribution in [0.1, 0.15) is 24.1 Å². The van der Waals surface area contributed by atoms with Crippen molar-refractivity contribution >= 4 is 23.1 Å². The number of hydrogen-bond donors (Lipinski definition) is 2. The molecular weight excluding hydrogens is 413 g/mol. The fourth-order valence-corrected chi connectivity index (χ4v) is 3.76. The number of ether oxygens (including phenoxy) is 1. The Hall–Kier alpha value is -4.13. The van der Waals surface area contributed by atoms with E-state index in [1.807, 2.05) is 6.92 Å². The summed E-state index contributed by atoms with van der Waals surface area (Å²) in [4.78, 5) is 27.2. The van der Waals surface area contributed by atoms with E-state index >= 15 is 0 Å². The molecule has 162 valence electrons. The van der Waals surface area contributed by atoms with E-state index in [0.717, 1.165) is 4.90 Å². The van der Waals surface area contributed by atoms with Crippen LogP contribution in [0.25, 0.3) is 5.76 Å². The minimum absolute atomic E-state index is 0.103. The van der Waals surface area contributed by atoms with E-state index in [1.165, 1.54) is 36.4 Å². The normalized spacial score (nSPS) is 17.6. The van der Waals surface area contributed by atoms with Crippen molar-refractivity contribution in [2.75, 3.05) is 11.5 Å². The maximum absolute atomic E-state index is 13.6. The van der Waals surface area contributed by atoms with Gasteiger partial charge in [0.1, 0.15) is 23.1 Å². The number of para-hydroxylation sites is 2. The van der Waals surface area contributed by atoms with Gasteiger partial charge in [0.05, 0.1) is 23.9 Å². The molecule has 0 aliphatic carbocycles. The van der Waals surface area contributed by atoms with Gasteiger partial charge < -0.3 is 14.9 Å². The summed E-state index contributed by atoms with van der Waals surface area (Å²) in [6.45, 7) is 2.23. The lowest BCUT2D eigenvalue weighted by atomic mass is 9.95. The molecule has 0 saturated carbocycles. The summed E-state index contributed by atoms with van der Waals surface area (Å²) in [6.07, 6.45) is 0. The summed E-state index contributed by atoms with van der Waals surface area (Å²) in [6, 6.07) is 16.8. The lowest BCUT2D eigenvalue weighted by Gasteiger charge is -2.26. The molecule has 1 amide bonds. The number of aromatic hydroxyl groups is 1. The van der Waals surface area contributed by atoms with E-state index in [0.29, 0.717) is 23.5 Å². The number of phenolic OH excluding ortho intramolecular Hbond substituents is 1. The first kappa shape index (κ1) is 21.1. The fraction of sp³-hybridized carbons (Fsp3) is 0.120. The van der Waals surface area contributed by atoms with Crippen LogP contribution in [-0.4, -0.2) is 28.5 Å². The van der Waals surface area contributed by atoms with E-state index in [9.17, 15) is 24.2 Å². The zero-order valence-electron chi connectivity index (χ0n) is 17.2. The quantitative estimate of drug-likeness (QED) is 0.350. The number of aliphatic hydroxyl groups is 1. The highest BCUT2D eigenvalue weighted by molar-refractivity contribution is 6.51. The van der Waals surface area contributed by atoms with Gasteiger partial charge in [-0.2, -0.15) is 0 Å². The Kier molecular flexibility index (Phi) is 5.64. The second-order valence-electron chi connectivity index (χ2n) is 7.17. The summed E-state index contributed by atoms with van der Waals surface area (Å²) in [5.41, 5.74) is 0.624. The van der Waals surface area contributed by atoms with Gasteiger partial charge in [0.25, 0.3) is 11.7 Å². The molecule has 1 fully saturated rings. The van der Waals surface area contributed by atoms with Crippen molar-refractivity contribution < 1.29 is 28.9 Å². The van der Waals surface area contributed by atoms with Crippen LogP contribution in [0.15, 0.2) is 78.4 Å². The summed E-state index contributed by atoms with van der Waals surface area (Å²) in [7, 11) is 0.